The first-order chi connectivity index (χ1) is 7.65. The Bertz CT molecular complexity index is 341. The van der Waals surface area contributed by atoms with Crippen LogP contribution in [0.15, 0.2) is 3.92 Å². The predicted octanol–water partition coefficient (Wildman–Crippen LogP) is 2.44. The average Bonchev–Trinajstić information content (AvgIpc) is 2.83. The van der Waals surface area contributed by atoms with Crippen LogP contribution in [0.4, 0.5) is 5.13 Å². The molecule has 1 unspecified atom stereocenters. The van der Waals surface area contributed by atoms with Gasteiger partial charge in [0.1, 0.15) is 0 Å². The number of hydrogen-bond acceptors (Lipinski definition) is 5. The summed E-state index contributed by atoms with van der Waals surface area (Å²) in [6.07, 6.45) is 1.28. The summed E-state index contributed by atoms with van der Waals surface area (Å²) in [7, 11) is 0. The van der Waals surface area contributed by atoms with E-state index in [4.69, 9.17) is 0 Å². The van der Waals surface area contributed by atoms with Gasteiger partial charge < -0.3 is 10.2 Å². The van der Waals surface area contributed by atoms with Crippen LogP contribution in [0.25, 0.3) is 0 Å². The molecule has 16 heavy (non-hydrogen) atoms. The third kappa shape index (κ3) is 3.15. The fourth-order valence-corrected chi connectivity index (χ4v) is 3.02. The van der Waals surface area contributed by atoms with E-state index >= 15 is 0 Å². The standard InChI is InChI=1S/C10H17BrN4S/c1-7(2)15-4-3-8(6-15)5-12-10-14-13-9(11)16-10/h7-8H,3-6H2,1-2H3,(H,12,14). The number of anilines is 1. The minimum Gasteiger partial charge on any atom is -0.360 e. The van der Waals surface area contributed by atoms with Gasteiger partial charge >= 0.3 is 0 Å². The highest BCUT2D eigenvalue weighted by Crippen LogP contribution is 2.22. The molecule has 0 aromatic carbocycles. The molecule has 0 radical (unpaired) electrons. The maximum Gasteiger partial charge on any atom is 0.206 e. The summed E-state index contributed by atoms with van der Waals surface area (Å²) in [4.78, 5) is 2.53. The Kier molecular flexibility index (Phi) is 4.16. The van der Waals surface area contributed by atoms with Crippen LogP contribution in [0, 0.1) is 5.92 Å². The second-order valence-corrected chi connectivity index (χ2v) is 6.74. The molecule has 6 heteroatoms. The second kappa shape index (κ2) is 5.42. The zero-order valence-electron chi connectivity index (χ0n) is 9.61. The first kappa shape index (κ1) is 12.3. The van der Waals surface area contributed by atoms with Crippen LogP contribution in [0.3, 0.4) is 0 Å². The van der Waals surface area contributed by atoms with Gasteiger partial charge in [-0.1, -0.05) is 11.3 Å². The third-order valence-corrected chi connectivity index (χ3v) is 4.30. The second-order valence-electron chi connectivity index (χ2n) is 4.48. The van der Waals surface area contributed by atoms with E-state index in [0.717, 1.165) is 21.5 Å². The van der Waals surface area contributed by atoms with E-state index in [1.807, 2.05) is 0 Å². The van der Waals surface area contributed by atoms with E-state index in [1.165, 1.54) is 19.5 Å². The molecule has 0 bridgehead atoms. The van der Waals surface area contributed by atoms with Crippen LogP contribution in [-0.4, -0.2) is 40.8 Å². The van der Waals surface area contributed by atoms with Crippen molar-refractivity contribution < 1.29 is 0 Å². The van der Waals surface area contributed by atoms with Gasteiger partial charge in [0.05, 0.1) is 0 Å². The number of halogens is 1. The zero-order valence-corrected chi connectivity index (χ0v) is 12.0. The monoisotopic (exact) mass is 304 g/mol. The molecule has 1 aromatic heterocycles. The lowest BCUT2D eigenvalue weighted by molar-refractivity contribution is 0.266. The number of rotatable bonds is 4. The smallest absolute Gasteiger partial charge is 0.206 e. The van der Waals surface area contributed by atoms with Crippen LogP contribution in [0.5, 0.6) is 0 Å². The molecule has 0 spiro atoms. The first-order valence-electron chi connectivity index (χ1n) is 5.62. The summed E-state index contributed by atoms with van der Waals surface area (Å²) in [5.41, 5.74) is 0. The van der Waals surface area contributed by atoms with E-state index in [1.54, 1.807) is 11.3 Å². The van der Waals surface area contributed by atoms with Crippen LogP contribution in [0.2, 0.25) is 0 Å². The molecule has 0 aliphatic carbocycles. The average molecular weight is 305 g/mol. The highest BCUT2D eigenvalue weighted by atomic mass is 79.9. The van der Waals surface area contributed by atoms with E-state index in [9.17, 15) is 0 Å². The van der Waals surface area contributed by atoms with Crippen molar-refractivity contribution >= 4 is 32.4 Å². The maximum atomic E-state index is 4.03. The van der Waals surface area contributed by atoms with E-state index in [0.29, 0.717) is 6.04 Å². The summed E-state index contributed by atoms with van der Waals surface area (Å²) in [5.74, 6) is 0.741. The third-order valence-electron chi connectivity index (χ3n) is 2.99. The zero-order chi connectivity index (χ0) is 11.5. The molecule has 0 amide bonds. The van der Waals surface area contributed by atoms with Gasteiger partial charge in [0.25, 0.3) is 0 Å². The van der Waals surface area contributed by atoms with E-state index < -0.39 is 0 Å². The number of nitrogens with zero attached hydrogens (tertiary/aromatic N) is 3. The Morgan fingerprint density at radius 3 is 2.94 bits per heavy atom. The Hall–Kier alpha value is -0.200. The van der Waals surface area contributed by atoms with Crippen molar-refractivity contribution in [3.8, 4) is 0 Å². The number of aromatic nitrogens is 2. The van der Waals surface area contributed by atoms with Gasteiger partial charge in [-0.2, -0.15) is 0 Å². The molecule has 1 saturated heterocycles. The Morgan fingerprint density at radius 2 is 2.38 bits per heavy atom. The molecule has 0 saturated carbocycles. The summed E-state index contributed by atoms with van der Waals surface area (Å²) in [5, 5.41) is 12.2. The minimum absolute atomic E-state index is 0.667. The molecule has 2 rings (SSSR count). The molecule has 1 aromatic rings. The van der Waals surface area contributed by atoms with Crippen molar-refractivity contribution in [3.63, 3.8) is 0 Å². The molecular weight excluding hydrogens is 288 g/mol. The lowest BCUT2D eigenvalue weighted by Crippen LogP contribution is -2.29. The first-order valence-corrected chi connectivity index (χ1v) is 7.23. The minimum atomic E-state index is 0.667. The largest absolute Gasteiger partial charge is 0.360 e. The number of nitrogens with one attached hydrogen (secondary N) is 1. The molecule has 1 fully saturated rings. The van der Waals surface area contributed by atoms with Gasteiger partial charge in [0.15, 0.2) is 3.92 Å². The van der Waals surface area contributed by atoms with Gasteiger partial charge in [-0.15, -0.1) is 10.2 Å². The normalized spacial score (nSPS) is 21.9. The van der Waals surface area contributed by atoms with Crippen LogP contribution in [0.1, 0.15) is 20.3 Å². The topological polar surface area (TPSA) is 41.0 Å². The molecule has 90 valence electrons. The van der Waals surface area contributed by atoms with Gasteiger partial charge in [0, 0.05) is 19.1 Å². The van der Waals surface area contributed by atoms with Crippen molar-refractivity contribution in [2.75, 3.05) is 25.0 Å². The lowest BCUT2D eigenvalue weighted by Gasteiger charge is -2.20. The lowest BCUT2D eigenvalue weighted by atomic mass is 10.1. The molecule has 2 heterocycles. The summed E-state index contributed by atoms with van der Waals surface area (Å²) in [6.45, 7) is 7.95. The molecule has 1 aliphatic heterocycles. The van der Waals surface area contributed by atoms with Gasteiger partial charge in [-0.05, 0) is 48.7 Å². The molecule has 1 atom stereocenters. The number of likely N-dealkylation sites (tertiary alicyclic amines) is 1. The van der Waals surface area contributed by atoms with Crippen molar-refractivity contribution in [3.05, 3.63) is 3.92 Å². The van der Waals surface area contributed by atoms with Crippen molar-refractivity contribution in [1.29, 1.82) is 0 Å². The van der Waals surface area contributed by atoms with Crippen molar-refractivity contribution in [2.45, 2.75) is 26.3 Å². The van der Waals surface area contributed by atoms with E-state index in [-0.39, 0.29) is 0 Å². The Labute approximate surface area is 109 Å². The Morgan fingerprint density at radius 1 is 1.56 bits per heavy atom. The number of hydrogen-bond donors (Lipinski definition) is 1. The fraction of sp³-hybridized carbons (Fsp3) is 0.800. The van der Waals surface area contributed by atoms with Crippen molar-refractivity contribution in [2.24, 2.45) is 5.92 Å². The highest BCUT2D eigenvalue weighted by Gasteiger charge is 2.23. The fourth-order valence-electron chi connectivity index (χ4n) is 2.01. The van der Waals surface area contributed by atoms with Crippen LogP contribution < -0.4 is 5.32 Å². The molecule has 1 aliphatic rings. The van der Waals surface area contributed by atoms with Crippen LogP contribution >= 0.6 is 27.3 Å². The van der Waals surface area contributed by atoms with Gasteiger partial charge in [-0.3, -0.25) is 0 Å². The van der Waals surface area contributed by atoms with Gasteiger partial charge in [0.2, 0.25) is 5.13 Å². The quantitative estimate of drug-likeness (QED) is 0.927. The molecule has 4 nitrogen and oxygen atoms in total. The predicted molar refractivity (Wildman–Crippen MR) is 70.9 cm³/mol. The SMILES string of the molecule is CC(C)N1CCC(CNc2nnc(Br)s2)C1. The highest BCUT2D eigenvalue weighted by molar-refractivity contribution is 9.11. The molecular formula is C10H17BrN4S. The molecule has 1 N–H and O–H groups in total. The summed E-state index contributed by atoms with van der Waals surface area (Å²) in [6, 6.07) is 0.667. The Balaban J connectivity index is 1.75. The summed E-state index contributed by atoms with van der Waals surface area (Å²) >= 11 is 4.86. The van der Waals surface area contributed by atoms with Crippen LogP contribution in [-0.2, 0) is 0 Å². The van der Waals surface area contributed by atoms with E-state index in [2.05, 4.69) is 50.2 Å². The van der Waals surface area contributed by atoms with Gasteiger partial charge in [-0.25, -0.2) is 0 Å². The van der Waals surface area contributed by atoms with Crippen molar-refractivity contribution in [1.82, 2.24) is 15.1 Å². The maximum absolute atomic E-state index is 4.03. The summed E-state index contributed by atoms with van der Waals surface area (Å²) < 4.78 is 0.838.